The van der Waals surface area contributed by atoms with Crippen LogP contribution in [0.4, 0.5) is 0 Å². The zero-order valence-corrected chi connectivity index (χ0v) is 8.74. The summed E-state index contributed by atoms with van der Waals surface area (Å²) in [6, 6.07) is 13.0. The predicted molar refractivity (Wildman–Crippen MR) is 66.3 cm³/mol. The first-order valence-corrected chi connectivity index (χ1v) is 6.08. The van der Waals surface area contributed by atoms with E-state index >= 15 is 0 Å². The van der Waals surface area contributed by atoms with E-state index in [0.29, 0.717) is 5.56 Å². The number of fused-ring (bicyclic) bond motifs is 1. The first kappa shape index (κ1) is 13.7. The molecule has 0 saturated heterocycles. The van der Waals surface area contributed by atoms with Crippen molar-refractivity contribution in [3.05, 3.63) is 48.0 Å². The van der Waals surface area contributed by atoms with E-state index < -0.39 is 10.1 Å². The van der Waals surface area contributed by atoms with Gasteiger partial charge in [-0.2, -0.15) is 8.42 Å². The molecule has 1 N–H and O–H groups in total. The second-order valence-corrected chi connectivity index (χ2v) is 4.86. The van der Waals surface area contributed by atoms with E-state index in [1.807, 2.05) is 30.3 Å². The van der Waals surface area contributed by atoms with E-state index in [4.69, 9.17) is 4.55 Å². The Labute approximate surface area is 117 Å². The average molecular weight is 246 g/mol. The quantitative estimate of drug-likeness (QED) is 0.646. The number of benzene rings is 2. The van der Waals surface area contributed by atoms with Gasteiger partial charge < -0.3 is 0 Å². The van der Waals surface area contributed by atoms with Gasteiger partial charge in [0.15, 0.2) is 0 Å². The Hall–Kier alpha value is -0.390. The number of hydrogen-bond acceptors (Lipinski definition) is 2. The fourth-order valence-electron chi connectivity index (χ4n) is 1.54. The molecule has 0 bridgehead atoms. The Bertz CT molecular complexity index is 593. The summed E-state index contributed by atoms with van der Waals surface area (Å²) in [5.74, 6) is -0.335. The van der Waals surface area contributed by atoms with E-state index in [1.165, 1.54) is 0 Å². The number of rotatable bonds is 2. The molecule has 0 aliphatic heterocycles. The molecule has 16 heavy (non-hydrogen) atoms. The van der Waals surface area contributed by atoms with Crippen LogP contribution in [0.2, 0.25) is 0 Å². The van der Waals surface area contributed by atoms with Crippen molar-refractivity contribution in [1.29, 1.82) is 0 Å². The molecule has 0 radical (unpaired) electrons. The Kier molecular flexibility index (Phi) is 4.52. The van der Waals surface area contributed by atoms with Crippen molar-refractivity contribution >= 4 is 50.4 Å². The zero-order chi connectivity index (χ0) is 10.9. The molecule has 3 nitrogen and oxygen atoms in total. The van der Waals surface area contributed by atoms with Crippen LogP contribution in [0.1, 0.15) is 5.56 Å². The summed E-state index contributed by atoms with van der Waals surface area (Å²) in [5.41, 5.74) is 0.594. The predicted octanol–water partition coefficient (Wildman–Crippen LogP) is 1.58. The molecule has 0 fully saturated rings. The molecule has 0 unspecified atom stereocenters. The van der Waals surface area contributed by atoms with Crippen LogP contribution < -0.4 is 0 Å². The Morgan fingerprint density at radius 1 is 1.00 bits per heavy atom. The molecule has 2 rings (SSSR count). The van der Waals surface area contributed by atoms with Crippen LogP contribution in [0.15, 0.2) is 42.5 Å². The molecule has 0 spiro atoms. The first-order valence-electron chi connectivity index (χ1n) is 4.47. The normalized spacial score (nSPS) is 11.1. The molecule has 0 aliphatic rings. The summed E-state index contributed by atoms with van der Waals surface area (Å²) >= 11 is 0. The van der Waals surface area contributed by atoms with Gasteiger partial charge in [-0.1, -0.05) is 42.5 Å². The second-order valence-electron chi connectivity index (χ2n) is 3.41. The van der Waals surface area contributed by atoms with Crippen LogP contribution in [0.25, 0.3) is 10.8 Å². The molecular weight excluding hydrogens is 235 g/mol. The fraction of sp³-hybridized carbons (Fsp3) is 0.0909. The van der Waals surface area contributed by atoms with Crippen LogP contribution in [0.5, 0.6) is 0 Å². The van der Waals surface area contributed by atoms with Crippen LogP contribution in [0, 0.1) is 0 Å². The van der Waals surface area contributed by atoms with Crippen LogP contribution in [-0.4, -0.2) is 42.5 Å². The number of hydrogen-bond donors (Lipinski definition) is 1. The van der Waals surface area contributed by atoms with Gasteiger partial charge >= 0.3 is 29.6 Å². The molecule has 0 aromatic heterocycles. The Balaban J connectivity index is 0.00000128. The molecule has 0 amide bonds. The van der Waals surface area contributed by atoms with E-state index in [-0.39, 0.29) is 35.3 Å². The molecule has 0 atom stereocenters. The van der Waals surface area contributed by atoms with E-state index in [0.717, 1.165) is 10.8 Å². The van der Waals surface area contributed by atoms with Crippen molar-refractivity contribution in [2.24, 2.45) is 0 Å². The van der Waals surface area contributed by atoms with Gasteiger partial charge in [0.2, 0.25) is 0 Å². The SMILES string of the molecule is O=S(=O)(O)Cc1ccc2ccccc2c1.[NaH]. The minimum atomic E-state index is -3.95. The standard InChI is InChI=1S/C11H10O3S.Na.H/c12-15(13,14)8-9-5-6-10-3-1-2-4-11(10)7-9;;/h1-7H,8H2,(H,12,13,14);;. The monoisotopic (exact) mass is 246 g/mol. The van der Waals surface area contributed by atoms with Gasteiger partial charge in [-0.25, -0.2) is 0 Å². The summed E-state index contributed by atoms with van der Waals surface area (Å²) in [5, 5.41) is 2.02. The van der Waals surface area contributed by atoms with Crippen molar-refractivity contribution in [3.63, 3.8) is 0 Å². The van der Waals surface area contributed by atoms with Gasteiger partial charge in [-0.05, 0) is 16.3 Å². The molecule has 2 aromatic carbocycles. The summed E-state index contributed by atoms with van der Waals surface area (Å²) in [7, 11) is -3.95. The molecule has 0 saturated carbocycles. The van der Waals surface area contributed by atoms with Gasteiger partial charge in [0.05, 0.1) is 0 Å². The summed E-state index contributed by atoms with van der Waals surface area (Å²) in [6.45, 7) is 0. The van der Waals surface area contributed by atoms with Crippen molar-refractivity contribution in [3.8, 4) is 0 Å². The third-order valence-electron chi connectivity index (χ3n) is 2.16. The second kappa shape index (κ2) is 5.29. The van der Waals surface area contributed by atoms with Crippen molar-refractivity contribution in [2.75, 3.05) is 0 Å². The van der Waals surface area contributed by atoms with Crippen LogP contribution >= 0.6 is 0 Å². The minimum absolute atomic E-state index is 0. The van der Waals surface area contributed by atoms with Gasteiger partial charge in [-0.3, -0.25) is 4.55 Å². The Morgan fingerprint density at radius 3 is 2.25 bits per heavy atom. The van der Waals surface area contributed by atoms with Crippen LogP contribution in [0.3, 0.4) is 0 Å². The third-order valence-corrected chi connectivity index (χ3v) is 2.86. The fourth-order valence-corrected chi connectivity index (χ4v) is 2.14. The van der Waals surface area contributed by atoms with Gasteiger partial charge in [0.1, 0.15) is 5.75 Å². The maximum atomic E-state index is 10.7. The van der Waals surface area contributed by atoms with E-state index in [2.05, 4.69) is 0 Å². The van der Waals surface area contributed by atoms with E-state index in [1.54, 1.807) is 12.1 Å². The molecular formula is C11H11NaO3S. The summed E-state index contributed by atoms with van der Waals surface area (Å²) in [4.78, 5) is 0. The van der Waals surface area contributed by atoms with Crippen molar-refractivity contribution in [2.45, 2.75) is 5.75 Å². The van der Waals surface area contributed by atoms with Gasteiger partial charge in [0.25, 0.3) is 10.1 Å². The molecule has 80 valence electrons. The van der Waals surface area contributed by atoms with Gasteiger partial charge in [0, 0.05) is 0 Å². The zero-order valence-electron chi connectivity index (χ0n) is 7.92. The first-order chi connectivity index (χ1) is 7.04. The van der Waals surface area contributed by atoms with Crippen LogP contribution in [-0.2, 0) is 15.9 Å². The average Bonchev–Trinajstić information content (AvgIpc) is 2.15. The molecule has 5 heteroatoms. The Morgan fingerprint density at radius 2 is 1.62 bits per heavy atom. The molecule has 0 aliphatic carbocycles. The topological polar surface area (TPSA) is 54.4 Å². The van der Waals surface area contributed by atoms with E-state index in [9.17, 15) is 8.42 Å². The summed E-state index contributed by atoms with van der Waals surface area (Å²) < 4.78 is 30.1. The van der Waals surface area contributed by atoms with Gasteiger partial charge in [-0.15, -0.1) is 0 Å². The third kappa shape index (κ3) is 3.57. The van der Waals surface area contributed by atoms with Crippen molar-refractivity contribution in [1.82, 2.24) is 0 Å². The summed E-state index contributed by atoms with van der Waals surface area (Å²) in [6.07, 6.45) is 0. The van der Waals surface area contributed by atoms with Crippen molar-refractivity contribution < 1.29 is 13.0 Å². The maximum absolute atomic E-state index is 10.7. The molecule has 2 aromatic rings. The molecule has 0 heterocycles.